The lowest BCUT2D eigenvalue weighted by Crippen LogP contribution is -2.36. The van der Waals surface area contributed by atoms with Gasteiger partial charge in [0.1, 0.15) is 0 Å². The number of nitrogens with one attached hydrogen (secondary N) is 1. The summed E-state index contributed by atoms with van der Waals surface area (Å²) in [5.41, 5.74) is 0. The van der Waals surface area contributed by atoms with Crippen molar-refractivity contribution in [2.45, 2.75) is 6.92 Å². The minimum atomic E-state index is -4.11. The average Bonchev–Trinajstić information content (AvgIpc) is 1.81. The summed E-state index contributed by atoms with van der Waals surface area (Å²) in [5, 5.41) is 0. The number of hydrogen-bond acceptors (Lipinski definition) is 4. The van der Waals surface area contributed by atoms with Gasteiger partial charge in [-0.15, -0.1) is 0 Å². The van der Waals surface area contributed by atoms with Crippen LogP contribution < -0.4 is 4.72 Å². The standard InChI is InChI=1S/C4H4FNO4S/c1-2-3(5)4(7)6-11(8,9)10-2/h1H3,(H,6,7). The first kappa shape index (κ1) is 7.99. The molecule has 62 valence electrons. The molecule has 5 nitrogen and oxygen atoms in total. The lowest BCUT2D eigenvalue weighted by molar-refractivity contribution is -0.117. The van der Waals surface area contributed by atoms with Crippen molar-refractivity contribution < 1.29 is 21.8 Å². The molecule has 0 aromatic carbocycles. The van der Waals surface area contributed by atoms with Gasteiger partial charge in [0, 0.05) is 0 Å². The molecule has 0 fully saturated rings. The highest BCUT2D eigenvalue weighted by molar-refractivity contribution is 7.85. The maximum atomic E-state index is 12.4. The maximum Gasteiger partial charge on any atom is 0.409 e. The molecule has 0 aromatic rings. The molecule has 1 aliphatic heterocycles. The Morgan fingerprint density at radius 3 is 2.55 bits per heavy atom. The molecule has 1 N–H and O–H groups in total. The molecule has 1 amide bonds. The highest BCUT2D eigenvalue weighted by Gasteiger charge is 2.28. The van der Waals surface area contributed by atoms with Gasteiger partial charge in [-0.1, -0.05) is 0 Å². The first-order valence-corrected chi connectivity index (χ1v) is 3.96. The van der Waals surface area contributed by atoms with Crippen LogP contribution in [0.4, 0.5) is 4.39 Å². The zero-order valence-corrected chi connectivity index (χ0v) is 6.24. The van der Waals surface area contributed by atoms with Gasteiger partial charge in [-0.25, -0.2) is 4.72 Å². The summed E-state index contributed by atoms with van der Waals surface area (Å²) in [7, 11) is -4.11. The summed E-state index contributed by atoms with van der Waals surface area (Å²) in [6, 6.07) is 0. The summed E-state index contributed by atoms with van der Waals surface area (Å²) >= 11 is 0. The van der Waals surface area contributed by atoms with Crippen LogP contribution in [0.3, 0.4) is 0 Å². The Morgan fingerprint density at radius 2 is 2.09 bits per heavy atom. The lowest BCUT2D eigenvalue weighted by Gasteiger charge is -2.12. The summed E-state index contributed by atoms with van der Waals surface area (Å²) < 4.78 is 38.6. The minimum Gasteiger partial charge on any atom is -0.368 e. The number of carbonyl (C=O) groups excluding carboxylic acids is 1. The van der Waals surface area contributed by atoms with Crippen LogP contribution in [0.5, 0.6) is 0 Å². The van der Waals surface area contributed by atoms with Crippen LogP contribution in [-0.4, -0.2) is 14.3 Å². The molecule has 0 aromatic heterocycles. The molecule has 0 aliphatic carbocycles. The topological polar surface area (TPSA) is 72.5 Å². The number of halogens is 1. The largest absolute Gasteiger partial charge is 0.409 e. The van der Waals surface area contributed by atoms with Crippen molar-refractivity contribution in [1.82, 2.24) is 4.72 Å². The monoisotopic (exact) mass is 181 g/mol. The average molecular weight is 181 g/mol. The van der Waals surface area contributed by atoms with E-state index in [-0.39, 0.29) is 0 Å². The SMILES string of the molecule is CC1=C(F)C(=O)NS(=O)(=O)O1. The fourth-order valence-electron chi connectivity index (χ4n) is 0.540. The Hall–Kier alpha value is -1.11. The molecular formula is C4H4FNO4S. The maximum absolute atomic E-state index is 12.4. The summed E-state index contributed by atoms with van der Waals surface area (Å²) in [6.07, 6.45) is 0. The van der Waals surface area contributed by atoms with Gasteiger partial charge in [0.15, 0.2) is 5.76 Å². The molecule has 0 atom stereocenters. The number of carbonyl (C=O) groups is 1. The second kappa shape index (κ2) is 2.19. The molecule has 0 spiro atoms. The van der Waals surface area contributed by atoms with Gasteiger partial charge in [0.05, 0.1) is 0 Å². The van der Waals surface area contributed by atoms with Gasteiger partial charge in [-0.3, -0.25) is 4.79 Å². The van der Waals surface area contributed by atoms with Gasteiger partial charge in [0.25, 0.3) is 5.91 Å². The van der Waals surface area contributed by atoms with E-state index >= 15 is 0 Å². The number of hydrogen-bond donors (Lipinski definition) is 1. The fraction of sp³-hybridized carbons (Fsp3) is 0.250. The van der Waals surface area contributed by atoms with E-state index in [1.54, 1.807) is 0 Å². The molecule has 0 bridgehead atoms. The van der Waals surface area contributed by atoms with E-state index in [0.717, 1.165) is 6.92 Å². The Labute approximate surface area is 62.1 Å². The Balaban J connectivity index is 3.14. The molecule has 0 saturated heterocycles. The van der Waals surface area contributed by atoms with Crippen LogP contribution in [0.15, 0.2) is 11.6 Å². The summed E-state index contributed by atoms with van der Waals surface area (Å²) in [4.78, 5) is 10.4. The first-order chi connectivity index (χ1) is 4.92. The third-order valence-corrected chi connectivity index (χ3v) is 1.87. The fourth-order valence-corrected chi connectivity index (χ4v) is 1.30. The Bertz CT molecular complexity index is 330. The van der Waals surface area contributed by atoms with Crippen molar-refractivity contribution in [3.63, 3.8) is 0 Å². The first-order valence-electron chi connectivity index (χ1n) is 2.55. The molecule has 0 unspecified atom stereocenters. The Kier molecular flexibility index (Phi) is 1.59. The number of amides is 1. The van der Waals surface area contributed by atoms with E-state index in [4.69, 9.17) is 0 Å². The smallest absolute Gasteiger partial charge is 0.368 e. The van der Waals surface area contributed by atoms with Crippen molar-refractivity contribution in [1.29, 1.82) is 0 Å². The molecule has 1 heterocycles. The second-order valence-electron chi connectivity index (χ2n) is 1.84. The predicted octanol–water partition coefficient (Wildman–Crippen LogP) is -0.421. The molecule has 1 aliphatic rings. The van der Waals surface area contributed by atoms with Crippen molar-refractivity contribution in [3.05, 3.63) is 11.6 Å². The van der Waals surface area contributed by atoms with Crippen LogP contribution in [0.25, 0.3) is 0 Å². The van der Waals surface area contributed by atoms with E-state index in [0.29, 0.717) is 0 Å². The molecule has 0 radical (unpaired) electrons. The van der Waals surface area contributed by atoms with Crippen LogP contribution in [0.2, 0.25) is 0 Å². The summed E-state index contributed by atoms with van der Waals surface area (Å²) in [5.74, 6) is -3.07. The van der Waals surface area contributed by atoms with Gasteiger partial charge >= 0.3 is 10.3 Å². The van der Waals surface area contributed by atoms with Gasteiger partial charge < -0.3 is 4.18 Å². The van der Waals surface area contributed by atoms with E-state index in [2.05, 4.69) is 4.18 Å². The summed E-state index contributed by atoms with van der Waals surface area (Å²) in [6.45, 7) is 1.05. The highest BCUT2D eigenvalue weighted by Crippen LogP contribution is 2.14. The number of allylic oxidation sites excluding steroid dienone is 1. The van der Waals surface area contributed by atoms with Crippen LogP contribution in [0, 0.1) is 0 Å². The molecule has 1 rings (SSSR count). The van der Waals surface area contributed by atoms with Crippen LogP contribution in [-0.2, 0) is 19.3 Å². The zero-order valence-electron chi connectivity index (χ0n) is 5.42. The molecule has 7 heteroatoms. The van der Waals surface area contributed by atoms with Gasteiger partial charge in [-0.2, -0.15) is 12.8 Å². The molecule has 11 heavy (non-hydrogen) atoms. The normalized spacial score (nSPS) is 22.5. The van der Waals surface area contributed by atoms with Crippen molar-refractivity contribution in [2.75, 3.05) is 0 Å². The second-order valence-corrected chi connectivity index (χ2v) is 3.12. The predicted molar refractivity (Wildman–Crippen MR) is 32.0 cm³/mol. The van der Waals surface area contributed by atoms with E-state index in [9.17, 15) is 17.6 Å². The minimum absolute atomic E-state index is 0.547. The van der Waals surface area contributed by atoms with E-state index < -0.39 is 27.8 Å². The van der Waals surface area contributed by atoms with E-state index in [1.807, 2.05) is 0 Å². The third-order valence-electron chi connectivity index (χ3n) is 0.961. The van der Waals surface area contributed by atoms with E-state index in [1.165, 1.54) is 4.72 Å². The lowest BCUT2D eigenvalue weighted by atomic mass is 10.4. The number of rotatable bonds is 0. The quantitative estimate of drug-likeness (QED) is 0.550. The zero-order chi connectivity index (χ0) is 8.65. The van der Waals surface area contributed by atoms with Crippen molar-refractivity contribution in [2.24, 2.45) is 0 Å². The highest BCUT2D eigenvalue weighted by atomic mass is 32.2. The van der Waals surface area contributed by atoms with Gasteiger partial charge in [-0.05, 0) is 6.92 Å². The Morgan fingerprint density at radius 1 is 1.55 bits per heavy atom. The van der Waals surface area contributed by atoms with Crippen molar-refractivity contribution in [3.8, 4) is 0 Å². The van der Waals surface area contributed by atoms with Crippen LogP contribution in [0.1, 0.15) is 6.92 Å². The molecular weight excluding hydrogens is 177 g/mol. The van der Waals surface area contributed by atoms with Gasteiger partial charge in [0.2, 0.25) is 5.83 Å². The van der Waals surface area contributed by atoms with Crippen LogP contribution >= 0.6 is 0 Å². The molecule has 0 saturated carbocycles. The third kappa shape index (κ3) is 1.48. The van der Waals surface area contributed by atoms with Crippen molar-refractivity contribution >= 4 is 16.2 Å².